The number of nitrogens with zero attached hydrogens (tertiary/aromatic N) is 6. The molecule has 13 heteroatoms. The molecule has 4 rings (SSSR count). The molecule has 0 bridgehead atoms. The number of aromatic nitrogens is 6. The molecule has 1 fully saturated rings. The molecule has 166 valence electrons. The van der Waals surface area contributed by atoms with Crippen molar-refractivity contribution >= 4 is 7.12 Å². The number of hydrogen-bond acceptors (Lipinski definition) is 6. The van der Waals surface area contributed by atoms with Gasteiger partial charge in [0.05, 0.1) is 0 Å². The number of ether oxygens (including phenoxy) is 3. The number of hydrogen-bond donors (Lipinski definition) is 0. The first-order valence-electron chi connectivity index (χ1n) is 8.84. The molecular weight excluding hydrogens is 499 g/mol. The van der Waals surface area contributed by atoms with E-state index in [-0.39, 0.29) is 40.8 Å². The predicted molar refractivity (Wildman–Crippen MR) is 107 cm³/mol. The Kier molecular flexibility index (Phi) is 16.1. The minimum Gasteiger partial charge on any atom is -0.425 e. The Morgan fingerprint density at radius 1 is 0.875 bits per heavy atom. The molecule has 32 heavy (non-hydrogen) atoms. The van der Waals surface area contributed by atoms with E-state index in [0.717, 1.165) is 5.92 Å². The van der Waals surface area contributed by atoms with Crippen molar-refractivity contribution in [2.24, 2.45) is 0 Å². The van der Waals surface area contributed by atoms with E-state index in [4.69, 9.17) is 23.5 Å². The van der Waals surface area contributed by atoms with E-state index < -0.39 is 0 Å². The van der Waals surface area contributed by atoms with Gasteiger partial charge in [0.15, 0.2) is 12.6 Å². The summed E-state index contributed by atoms with van der Waals surface area (Å²) in [5.41, 5.74) is 0. The Morgan fingerprint density at radius 3 is 1.62 bits per heavy atom. The molecule has 0 amide bonds. The van der Waals surface area contributed by atoms with Crippen LogP contribution in [0.25, 0.3) is 0 Å². The van der Waals surface area contributed by atoms with Gasteiger partial charge in [-0.05, 0) is 43.2 Å². The van der Waals surface area contributed by atoms with Gasteiger partial charge >= 0.3 is 43.7 Å². The van der Waals surface area contributed by atoms with E-state index in [0.29, 0.717) is 0 Å². The monoisotopic (exact) mass is 523 g/mol. The van der Waals surface area contributed by atoms with Crippen molar-refractivity contribution in [2.75, 3.05) is 14.2 Å². The van der Waals surface area contributed by atoms with Crippen molar-refractivity contribution in [2.45, 2.75) is 19.5 Å². The summed E-state index contributed by atoms with van der Waals surface area (Å²) in [6.45, 7) is 11.0. The Labute approximate surface area is 201 Å². The van der Waals surface area contributed by atoms with Gasteiger partial charge in [0, 0.05) is 45.1 Å². The summed E-state index contributed by atoms with van der Waals surface area (Å²) in [7, 11) is 3.02. The van der Waals surface area contributed by atoms with Crippen LogP contribution < -0.4 is 0 Å². The van der Waals surface area contributed by atoms with Gasteiger partial charge < -0.3 is 28.0 Å². The van der Waals surface area contributed by atoms with Gasteiger partial charge in [-0.1, -0.05) is 6.92 Å². The van der Waals surface area contributed by atoms with E-state index in [1.54, 1.807) is 46.6 Å². The van der Waals surface area contributed by atoms with E-state index in [1.807, 2.05) is 56.6 Å². The number of methoxy groups -OCH3 is 2. The van der Waals surface area contributed by atoms with Crippen LogP contribution in [-0.2, 0) is 44.6 Å². The van der Waals surface area contributed by atoms with Gasteiger partial charge in [-0.25, -0.2) is 15.3 Å². The molecule has 11 nitrogen and oxygen atoms in total. The zero-order chi connectivity index (χ0) is 23.1. The molecule has 0 saturated carbocycles. The Morgan fingerprint density at radius 2 is 1.31 bits per heavy atom. The molecule has 3 aromatic rings. The van der Waals surface area contributed by atoms with Crippen LogP contribution in [0, 0.1) is 32.1 Å². The van der Waals surface area contributed by atoms with Gasteiger partial charge in [-0.2, -0.15) is 0 Å². The molecule has 4 heterocycles. The standard InChI is InChI=1S/C9H9BN6.C8H13O3.2CO.Mo/c1-4-11-14(7-1)10(15-8-2-5-12-15)16-9-3-6-13-16;1-6-4-5-7(9-2)11-8(6)10-3;2*1-2;/h1-9H;4-5,7-8H,1-3H3;;;/q-1;;;;+2/t;7-,8+;;;/m.1.../s1. The maximum absolute atomic E-state index is 7.50. The summed E-state index contributed by atoms with van der Waals surface area (Å²) in [6.07, 6.45) is 14.1. The smallest absolute Gasteiger partial charge is 0.425 e. The van der Waals surface area contributed by atoms with E-state index in [9.17, 15) is 0 Å². The van der Waals surface area contributed by atoms with Gasteiger partial charge in [0.25, 0.3) is 7.12 Å². The molecular formula is C19H22BMoN6O5+. The Bertz CT molecular complexity index is 757. The van der Waals surface area contributed by atoms with E-state index >= 15 is 0 Å². The van der Waals surface area contributed by atoms with Crippen molar-refractivity contribution in [3.05, 3.63) is 87.4 Å². The molecule has 1 aliphatic rings. The SMILES string of the molecule is CO[C@H]1[CH][CH][C](C)[C@@H](OC)O1.[C-]#[O+].[C-]#[O+].[Mo+2].c1cnn([B-](n2cccn2)n2cccn2)c1. The van der Waals surface area contributed by atoms with Crippen molar-refractivity contribution in [3.63, 3.8) is 0 Å². The zero-order valence-electron chi connectivity index (χ0n) is 17.7. The van der Waals surface area contributed by atoms with Crippen molar-refractivity contribution < 1.29 is 44.6 Å². The van der Waals surface area contributed by atoms with Crippen LogP contribution in [0.1, 0.15) is 6.92 Å². The predicted octanol–water partition coefficient (Wildman–Crippen LogP) is 1.09. The summed E-state index contributed by atoms with van der Waals surface area (Å²) in [6, 6.07) is 5.62. The quantitative estimate of drug-likeness (QED) is 0.282. The molecule has 3 aromatic heterocycles. The maximum Gasteiger partial charge on any atom is 2.00 e. The summed E-state index contributed by atoms with van der Waals surface area (Å²) < 4.78 is 35.7. The molecule has 0 spiro atoms. The van der Waals surface area contributed by atoms with Gasteiger partial charge in [0.1, 0.15) is 0 Å². The van der Waals surface area contributed by atoms with Crippen LogP contribution in [0.15, 0.2) is 55.4 Å². The minimum absolute atomic E-state index is 0. The third kappa shape index (κ3) is 8.70. The summed E-state index contributed by atoms with van der Waals surface area (Å²) >= 11 is 0. The fraction of sp³-hybridized carbons (Fsp3) is 0.263. The van der Waals surface area contributed by atoms with Gasteiger partial charge in [-0.15, -0.1) is 0 Å². The minimum atomic E-state index is -0.274. The first kappa shape index (κ1) is 29.7. The van der Waals surface area contributed by atoms with Crippen molar-refractivity contribution in [3.8, 4) is 0 Å². The maximum atomic E-state index is 7.50. The zero-order valence-corrected chi connectivity index (χ0v) is 19.7. The molecule has 2 atom stereocenters. The van der Waals surface area contributed by atoms with Gasteiger partial charge in [0.2, 0.25) is 0 Å². The van der Waals surface area contributed by atoms with Crippen LogP contribution in [0.3, 0.4) is 0 Å². The second-order valence-corrected chi connectivity index (χ2v) is 5.72. The fourth-order valence-electron chi connectivity index (χ4n) is 2.57. The molecule has 1 aliphatic heterocycles. The molecule has 0 N–H and O–H groups in total. The van der Waals surface area contributed by atoms with E-state index in [1.165, 1.54) is 0 Å². The topological polar surface area (TPSA) is 121 Å². The molecule has 0 unspecified atom stereocenters. The average molecular weight is 521 g/mol. The van der Waals surface area contributed by atoms with Crippen LogP contribution in [0.4, 0.5) is 0 Å². The third-order valence-corrected chi connectivity index (χ3v) is 3.88. The fourth-order valence-corrected chi connectivity index (χ4v) is 2.57. The largest absolute Gasteiger partial charge is 2.00 e. The van der Waals surface area contributed by atoms with Crippen LogP contribution >= 0.6 is 0 Å². The Hall–Kier alpha value is -2.26. The van der Waals surface area contributed by atoms with Crippen LogP contribution in [0.5, 0.6) is 0 Å². The van der Waals surface area contributed by atoms with Crippen molar-refractivity contribution in [1.29, 1.82) is 0 Å². The molecule has 1 saturated heterocycles. The molecule has 4 radical (unpaired) electrons. The molecule has 0 aliphatic carbocycles. The second-order valence-electron chi connectivity index (χ2n) is 5.72. The first-order chi connectivity index (χ1) is 15.2. The second kappa shape index (κ2) is 17.3. The van der Waals surface area contributed by atoms with Crippen LogP contribution in [-0.4, -0.2) is 63.0 Å². The normalized spacial score (nSPS) is 17.4. The molecule has 0 aromatic carbocycles. The summed E-state index contributed by atoms with van der Waals surface area (Å²) in [5.74, 6) is 1.06. The van der Waals surface area contributed by atoms with Crippen molar-refractivity contribution in [1.82, 2.24) is 29.1 Å². The Balaban J connectivity index is 0.000000532. The number of rotatable bonds is 5. The van der Waals surface area contributed by atoms with Crippen LogP contribution in [0.2, 0.25) is 0 Å². The summed E-state index contributed by atoms with van der Waals surface area (Å²) in [4.78, 5) is 0. The average Bonchev–Trinajstić information content (AvgIpc) is 3.62. The van der Waals surface area contributed by atoms with E-state index in [2.05, 4.69) is 28.6 Å². The summed E-state index contributed by atoms with van der Waals surface area (Å²) in [5, 5.41) is 12.7. The van der Waals surface area contributed by atoms with Gasteiger partial charge in [-0.3, -0.25) is 0 Å². The third-order valence-electron chi connectivity index (χ3n) is 3.88. The first-order valence-corrected chi connectivity index (χ1v) is 8.84.